The summed E-state index contributed by atoms with van der Waals surface area (Å²) >= 11 is 0. The van der Waals surface area contributed by atoms with Crippen molar-refractivity contribution >= 4 is 5.69 Å². The fourth-order valence-corrected chi connectivity index (χ4v) is 3.63. The fraction of sp³-hybridized carbons (Fsp3) is 0.625. The minimum Gasteiger partial charge on any atom is -0.371 e. The first-order valence-corrected chi connectivity index (χ1v) is 7.53. The number of nitrogens with one attached hydrogen (secondary N) is 1. The smallest absolute Gasteiger partial charge is 0.125 e. The summed E-state index contributed by atoms with van der Waals surface area (Å²) in [5.41, 5.74) is 2.48. The molecule has 19 heavy (non-hydrogen) atoms. The number of benzene rings is 1. The summed E-state index contributed by atoms with van der Waals surface area (Å²) in [6, 6.07) is 5.32. The molecule has 1 unspecified atom stereocenters. The van der Waals surface area contributed by atoms with Crippen LogP contribution in [-0.4, -0.2) is 26.2 Å². The van der Waals surface area contributed by atoms with Crippen LogP contribution in [0.15, 0.2) is 18.2 Å². The Kier molecular flexibility index (Phi) is 3.74. The molecular weight excluding hydrogens is 239 g/mol. The third-order valence-electron chi connectivity index (χ3n) is 4.61. The standard InChI is InChI=1S/C16H23FN2/c1-2-19-11-13(8-12-4-3-7-18-10-12)15-6-5-14(17)9-16(15)19/h5-6,9,12-13,18H,2-4,7-8,10-11H2,1H3/t12-,13?/m1/s1. The summed E-state index contributed by atoms with van der Waals surface area (Å²) in [6.45, 7) is 6.50. The zero-order valence-electron chi connectivity index (χ0n) is 11.7. The monoisotopic (exact) mass is 262 g/mol. The van der Waals surface area contributed by atoms with E-state index in [0.29, 0.717) is 5.92 Å². The number of nitrogens with zero attached hydrogens (tertiary/aromatic N) is 1. The van der Waals surface area contributed by atoms with Crippen LogP contribution in [0.3, 0.4) is 0 Å². The van der Waals surface area contributed by atoms with Crippen LogP contribution in [0.25, 0.3) is 0 Å². The molecule has 1 aromatic rings. The van der Waals surface area contributed by atoms with E-state index in [0.717, 1.165) is 31.2 Å². The van der Waals surface area contributed by atoms with Gasteiger partial charge < -0.3 is 10.2 Å². The predicted molar refractivity (Wildman–Crippen MR) is 77.2 cm³/mol. The summed E-state index contributed by atoms with van der Waals surface area (Å²) in [4.78, 5) is 2.32. The highest BCUT2D eigenvalue weighted by Crippen LogP contribution is 2.40. The third kappa shape index (κ3) is 2.62. The van der Waals surface area contributed by atoms with Gasteiger partial charge in [0.1, 0.15) is 5.82 Å². The largest absolute Gasteiger partial charge is 0.371 e. The summed E-state index contributed by atoms with van der Waals surface area (Å²) in [6.07, 6.45) is 3.87. The number of fused-ring (bicyclic) bond motifs is 1. The van der Waals surface area contributed by atoms with Crippen LogP contribution in [0.1, 0.15) is 37.7 Å². The van der Waals surface area contributed by atoms with Gasteiger partial charge in [0, 0.05) is 24.7 Å². The van der Waals surface area contributed by atoms with Crippen molar-refractivity contribution in [2.24, 2.45) is 5.92 Å². The lowest BCUT2D eigenvalue weighted by Gasteiger charge is -2.25. The number of halogens is 1. The molecule has 0 amide bonds. The second-order valence-electron chi connectivity index (χ2n) is 5.89. The Morgan fingerprint density at radius 1 is 1.42 bits per heavy atom. The maximum absolute atomic E-state index is 13.4. The van der Waals surface area contributed by atoms with Crippen molar-refractivity contribution in [1.82, 2.24) is 5.32 Å². The molecule has 3 rings (SSSR count). The molecule has 1 fully saturated rings. The highest BCUT2D eigenvalue weighted by atomic mass is 19.1. The van der Waals surface area contributed by atoms with E-state index in [-0.39, 0.29) is 5.82 Å². The maximum atomic E-state index is 13.4. The Hall–Kier alpha value is -1.09. The van der Waals surface area contributed by atoms with Gasteiger partial charge >= 0.3 is 0 Å². The van der Waals surface area contributed by atoms with Gasteiger partial charge in [0.25, 0.3) is 0 Å². The fourth-order valence-electron chi connectivity index (χ4n) is 3.63. The van der Waals surface area contributed by atoms with E-state index in [4.69, 9.17) is 0 Å². The molecule has 0 bridgehead atoms. The van der Waals surface area contributed by atoms with Crippen molar-refractivity contribution in [3.8, 4) is 0 Å². The zero-order chi connectivity index (χ0) is 13.2. The molecule has 2 aliphatic heterocycles. The maximum Gasteiger partial charge on any atom is 0.125 e. The molecule has 104 valence electrons. The second kappa shape index (κ2) is 5.49. The molecule has 0 aliphatic carbocycles. The van der Waals surface area contributed by atoms with Gasteiger partial charge in [-0.2, -0.15) is 0 Å². The van der Waals surface area contributed by atoms with Crippen molar-refractivity contribution in [1.29, 1.82) is 0 Å². The number of rotatable bonds is 3. The molecule has 2 heterocycles. The third-order valence-corrected chi connectivity index (χ3v) is 4.61. The zero-order valence-corrected chi connectivity index (χ0v) is 11.7. The number of anilines is 1. The van der Waals surface area contributed by atoms with E-state index in [2.05, 4.69) is 17.1 Å². The van der Waals surface area contributed by atoms with Gasteiger partial charge in [-0.15, -0.1) is 0 Å². The van der Waals surface area contributed by atoms with Gasteiger partial charge in [0.15, 0.2) is 0 Å². The summed E-state index contributed by atoms with van der Waals surface area (Å²) < 4.78 is 13.4. The highest BCUT2D eigenvalue weighted by Gasteiger charge is 2.30. The Labute approximate surface area is 115 Å². The van der Waals surface area contributed by atoms with Crippen LogP contribution in [0, 0.1) is 11.7 Å². The van der Waals surface area contributed by atoms with Gasteiger partial charge in [0.2, 0.25) is 0 Å². The Bertz CT molecular complexity index is 440. The van der Waals surface area contributed by atoms with Gasteiger partial charge in [-0.05, 0) is 62.9 Å². The molecule has 1 aromatic carbocycles. The molecule has 1 saturated heterocycles. The molecule has 0 aromatic heterocycles. The SMILES string of the molecule is CCN1CC(C[C@H]2CCCNC2)c2ccc(F)cc21. The summed E-state index contributed by atoms with van der Waals surface area (Å²) in [5.74, 6) is 1.26. The average molecular weight is 262 g/mol. The number of piperidine rings is 1. The molecule has 0 radical (unpaired) electrons. The average Bonchev–Trinajstić information content (AvgIpc) is 2.77. The molecule has 0 spiro atoms. The number of hydrogen-bond donors (Lipinski definition) is 1. The first kappa shape index (κ1) is 12.9. The number of likely N-dealkylation sites (N-methyl/N-ethyl adjacent to an activating group) is 1. The minimum atomic E-state index is -0.114. The van der Waals surface area contributed by atoms with Crippen LogP contribution in [-0.2, 0) is 0 Å². The molecule has 2 nitrogen and oxygen atoms in total. The van der Waals surface area contributed by atoms with Crippen molar-refractivity contribution in [3.05, 3.63) is 29.6 Å². The lowest BCUT2D eigenvalue weighted by atomic mass is 9.86. The molecule has 2 atom stereocenters. The van der Waals surface area contributed by atoms with Crippen LogP contribution in [0.5, 0.6) is 0 Å². The quantitative estimate of drug-likeness (QED) is 0.900. The lowest BCUT2D eigenvalue weighted by molar-refractivity contribution is 0.338. The first-order valence-electron chi connectivity index (χ1n) is 7.53. The second-order valence-corrected chi connectivity index (χ2v) is 5.89. The molecule has 1 N–H and O–H groups in total. The summed E-state index contributed by atoms with van der Waals surface area (Å²) in [7, 11) is 0. The van der Waals surface area contributed by atoms with Gasteiger partial charge in [-0.25, -0.2) is 4.39 Å². The normalized spacial score (nSPS) is 26.5. The summed E-state index contributed by atoms with van der Waals surface area (Å²) in [5, 5.41) is 3.49. The topological polar surface area (TPSA) is 15.3 Å². The van der Waals surface area contributed by atoms with Crippen LogP contribution >= 0.6 is 0 Å². The Morgan fingerprint density at radius 3 is 3.05 bits per heavy atom. The van der Waals surface area contributed by atoms with Crippen molar-refractivity contribution < 1.29 is 4.39 Å². The predicted octanol–water partition coefficient (Wildman–Crippen LogP) is 3.14. The van der Waals surface area contributed by atoms with E-state index in [1.54, 1.807) is 12.1 Å². The highest BCUT2D eigenvalue weighted by molar-refractivity contribution is 5.60. The molecule has 2 aliphatic rings. The molecule has 3 heteroatoms. The van der Waals surface area contributed by atoms with Crippen LogP contribution in [0.4, 0.5) is 10.1 Å². The van der Waals surface area contributed by atoms with Crippen LogP contribution in [0.2, 0.25) is 0 Å². The van der Waals surface area contributed by atoms with E-state index in [1.807, 2.05) is 6.07 Å². The van der Waals surface area contributed by atoms with Crippen LogP contribution < -0.4 is 10.2 Å². The van der Waals surface area contributed by atoms with E-state index in [9.17, 15) is 4.39 Å². The number of hydrogen-bond acceptors (Lipinski definition) is 2. The van der Waals surface area contributed by atoms with Gasteiger partial charge in [-0.1, -0.05) is 6.07 Å². The van der Waals surface area contributed by atoms with Crippen molar-refractivity contribution in [3.63, 3.8) is 0 Å². The molecular formula is C16H23FN2. The van der Waals surface area contributed by atoms with E-state index >= 15 is 0 Å². The lowest BCUT2D eigenvalue weighted by Crippen LogP contribution is -2.31. The van der Waals surface area contributed by atoms with Crippen molar-refractivity contribution in [2.75, 3.05) is 31.1 Å². The van der Waals surface area contributed by atoms with E-state index in [1.165, 1.54) is 31.4 Å². The van der Waals surface area contributed by atoms with E-state index < -0.39 is 0 Å². The van der Waals surface area contributed by atoms with Gasteiger partial charge in [-0.3, -0.25) is 0 Å². The minimum absolute atomic E-state index is 0.114. The Balaban J connectivity index is 1.77. The first-order chi connectivity index (χ1) is 9.28. The Morgan fingerprint density at radius 2 is 2.32 bits per heavy atom. The molecule has 0 saturated carbocycles. The van der Waals surface area contributed by atoms with Crippen molar-refractivity contribution in [2.45, 2.75) is 32.1 Å². The van der Waals surface area contributed by atoms with Gasteiger partial charge in [0.05, 0.1) is 0 Å².